The van der Waals surface area contributed by atoms with Gasteiger partial charge in [0, 0.05) is 12.5 Å². The van der Waals surface area contributed by atoms with Crippen LogP contribution < -0.4 is 5.32 Å². The van der Waals surface area contributed by atoms with Crippen molar-refractivity contribution in [3.05, 3.63) is 12.7 Å². The molecule has 0 aromatic carbocycles. The van der Waals surface area contributed by atoms with Crippen molar-refractivity contribution in [2.24, 2.45) is 11.8 Å². The number of hydrogen-bond donors (Lipinski definition) is 1. The number of nitrogens with one attached hydrogen (secondary N) is 1. The second-order valence-electron chi connectivity index (χ2n) is 5.61. The predicted molar refractivity (Wildman–Crippen MR) is 81.3 cm³/mol. The van der Waals surface area contributed by atoms with Crippen LogP contribution in [-0.2, 0) is 28.7 Å². The van der Waals surface area contributed by atoms with E-state index in [2.05, 4.69) is 16.6 Å². The second kappa shape index (κ2) is 9.76. The van der Waals surface area contributed by atoms with Gasteiger partial charge in [0.2, 0.25) is 5.78 Å². The third-order valence-electron chi connectivity index (χ3n) is 3.94. The standard InChI is InChI=1S/C16H23NO6/c1-3-14(19)23-10-12-6-4-11(5-7-12)8-13(18)16(21)17-9-15(20)22-2/h3,11-12H,1,4-10H2,2H3,(H,17,21). The van der Waals surface area contributed by atoms with E-state index in [4.69, 9.17) is 4.74 Å². The lowest BCUT2D eigenvalue weighted by atomic mass is 9.80. The molecule has 23 heavy (non-hydrogen) atoms. The van der Waals surface area contributed by atoms with Crippen molar-refractivity contribution in [2.75, 3.05) is 20.3 Å². The van der Waals surface area contributed by atoms with Crippen molar-refractivity contribution in [3.8, 4) is 0 Å². The van der Waals surface area contributed by atoms with Crippen LogP contribution in [0, 0.1) is 11.8 Å². The van der Waals surface area contributed by atoms with Gasteiger partial charge in [-0.1, -0.05) is 6.58 Å². The van der Waals surface area contributed by atoms with Crippen LogP contribution in [0.2, 0.25) is 0 Å². The second-order valence-corrected chi connectivity index (χ2v) is 5.61. The minimum Gasteiger partial charge on any atom is -0.468 e. The quantitative estimate of drug-likeness (QED) is 0.402. The Bertz CT molecular complexity index is 465. The zero-order valence-electron chi connectivity index (χ0n) is 13.3. The minimum atomic E-state index is -0.752. The van der Waals surface area contributed by atoms with Gasteiger partial charge in [-0.2, -0.15) is 0 Å². The highest BCUT2D eigenvalue weighted by atomic mass is 16.5. The van der Waals surface area contributed by atoms with Crippen LogP contribution in [0.25, 0.3) is 0 Å². The fourth-order valence-electron chi connectivity index (χ4n) is 2.54. The Hall–Kier alpha value is -2.18. The van der Waals surface area contributed by atoms with E-state index in [1.54, 1.807) is 0 Å². The minimum absolute atomic E-state index is 0.151. The number of carbonyl (C=O) groups excluding carboxylic acids is 4. The van der Waals surface area contributed by atoms with Gasteiger partial charge in [-0.15, -0.1) is 0 Å². The summed E-state index contributed by atoms with van der Waals surface area (Å²) in [5.74, 6) is -1.85. The molecule has 1 rings (SSSR count). The van der Waals surface area contributed by atoms with Crippen molar-refractivity contribution in [1.29, 1.82) is 0 Å². The summed E-state index contributed by atoms with van der Waals surface area (Å²) < 4.78 is 9.40. The summed E-state index contributed by atoms with van der Waals surface area (Å²) in [6.07, 6.45) is 4.64. The fraction of sp³-hybridized carbons (Fsp3) is 0.625. The first-order valence-corrected chi connectivity index (χ1v) is 7.63. The van der Waals surface area contributed by atoms with Gasteiger partial charge in [0.15, 0.2) is 0 Å². The number of amides is 1. The van der Waals surface area contributed by atoms with Gasteiger partial charge in [0.1, 0.15) is 6.54 Å². The monoisotopic (exact) mass is 325 g/mol. The molecule has 1 amide bonds. The molecule has 128 valence electrons. The molecular formula is C16H23NO6. The largest absolute Gasteiger partial charge is 0.468 e. The van der Waals surface area contributed by atoms with Crippen molar-refractivity contribution in [3.63, 3.8) is 0 Å². The molecule has 0 atom stereocenters. The average Bonchev–Trinajstić information content (AvgIpc) is 2.58. The number of esters is 2. The molecule has 7 nitrogen and oxygen atoms in total. The third kappa shape index (κ3) is 7.08. The van der Waals surface area contributed by atoms with Crippen LogP contribution in [0.15, 0.2) is 12.7 Å². The van der Waals surface area contributed by atoms with Gasteiger partial charge in [0.25, 0.3) is 5.91 Å². The van der Waals surface area contributed by atoms with E-state index >= 15 is 0 Å². The van der Waals surface area contributed by atoms with Gasteiger partial charge in [-0.3, -0.25) is 14.4 Å². The lowest BCUT2D eigenvalue weighted by molar-refractivity contribution is -0.143. The van der Waals surface area contributed by atoms with Crippen LogP contribution >= 0.6 is 0 Å². The summed E-state index contributed by atoms with van der Waals surface area (Å²) in [6.45, 7) is 3.40. The van der Waals surface area contributed by atoms with E-state index < -0.39 is 23.6 Å². The molecule has 0 aromatic heterocycles. The summed E-state index contributed by atoms with van der Waals surface area (Å²) in [6, 6.07) is 0. The molecule has 1 aliphatic carbocycles. The number of methoxy groups -OCH3 is 1. The Morgan fingerprint density at radius 3 is 2.30 bits per heavy atom. The number of carbonyl (C=O) groups is 4. The van der Waals surface area contributed by atoms with E-state index in [0.717, 1.165) is 31.8 Å². The lowest BCUT2D eigenvalue weighted by Crippen LogP contribution is -2.36. The van der Waals surface area contributed by atoms with E-state index in [1.807, 2.05) is 0 Å². The number of ether oxygens (including phenoxy) is 2. The van der Waals surface area contributed by atoms with Gasteiger partial charge >= 0.3 is 11.9 Å². The summed E-state index contributed by atoms with van der Waals surface area (Å²) in [5, 5.41) is 2.24. The molecule has 1 aliphatic rings. The lowest BCUT2D eigenvalue weighted by Gasteiger charge is -2.27. The number of rotatable bonds is 8. The fourth-order valence-corrected chi connectivity index (χ4v) is 2.54. The van der Waals surface area contributed by atoms with Gasteiger partial charge < -0.3 is 14.8 Å². The normalized spacial score (nSPS) is 20.2. The Morgan fingerprint density at radius 2 is 1.74 bits per heavy atom. The highest BCUT2D eigenvalue weighted by Gasteiger charge is 2.26. The molecule has 0 aliphatic heterocycles. The van der Waals surface area contributed by atoms with E-state index in [9.17, 15) is 19.2 Å². The van der Waals surface area contributed by atoms with Gasteiger partial charge in [0.05, 0.1) is 13.7 Å². The van der Waals surface area contributed by atoms with Gasteiger partial charge in [-0.25, -0.2) is 4.79 Å². The van der Waals surface area contributed by atoms with Crippen LogP contribution in [0.1, 0.15) is 32.1 Å². The Morgan fingerprint density at radius 1 is 1.13 bits per heavy atom. The van der Waals surface area contributed by atoms with E-state index in [0.29, 0.717) is 12.5 Å². The summed E-state index contributed by atoms with van der Waals surface area (Å²) in [5.41, 5.74) is 0. The molecule has 7 heteroatoms. The smallest absolute Gasteiger partial charge is 0.330 e. The molecular weight excluding hydrogens is 302 g/mol. The van der Waals surface area contributed by atoms with Gasteiger partial charge in [-0.05, 0) is 37.5 Å². The number of hydrogen-bond acceptors (Lipinski definition) is 6. The Kier molecular flexibility index (Phi) is 8.01. The van der Waals surface area contributed by atoms with Crippen molar-refractivity contribution in [1.82, 2.24) is 5.32 Å². The van der Waals surface area contributed by atoms with E-state index in [-0.39, 0.29) is 18.9 Å². The molecule has 1 fully saturated rings. The van der Waals surface area contributed by atoms with Crippen molar-refractivity contribution in [2.45, 2.75) is 32.1 Å². The summed E-state index contributed by atoms with van der Waals surface area (Å²) in [7, 11) is 1.21. The average molecular weight is 325 g/mol. The molecule has 0 spiro atoms. The highest BCUT2D eigenvalue weighted by Crippen LogP contribution is 2.31. The maximum Gasteiger partial charge on any atom is 0.330 e. The summed E-state index contributed by atoms with van der Waals surface area (Å²) >= 11 is 0. The molecule has 0 aromatic rings. The molecule has 0 bridgehead atoms. The molecule has 1 N–H and O–H groups in total. The maximum atomic E-state index is 11.8. The number of Topliss-reactive ketones (excluding diaryl/α,β-unsaturated/α-hetero) is 1. The zero-order valence-corrected chi connectivity index (χ0v) is 13.3. The SMILES string of the molecule is C=CC(=O)OCC1CCC(CC(=O)C(=O)NCC(=O)OC)CC1. The maximum absolute atomic E-state index is 11.8. The topological polar surface area (TPSA) is 98.8 Å². The third-order valence-corrected chi connectivity index (χ3v) is 3.94. The van der Waals surface area contributed by atoms with Crippen LogP contribution in [0.5, 0.6) is 0 Å². The van der Waals surface area contributed by atoms with E-state index in [1.165, 1.54) is 7.11 Å². The van der Waals surface area contributed by atoms with Crippen molar-refractivity contribution >= 4 is 23.6 Å². The predicted octanol–water partition coefficient (Wildman–Crippen LogP) is 0.770. The molecule has 1 saturated carbocycles. The first kappa shape index (κ1) is 18.9. The molecule has 0 saturated heterocycles. The zero-order chi connectivity index (χ0) is 17.2. The molecule has 0 unspecified atom stereocenters. The van der Waals surface area contributed by atoms with Crippen molar-refractivity contribution < 1.29 is 28.7 Å². The van der Waals surface area contributed by atoms with Crippen LogP contribution in [-0.4, -0.2) is 43.9 Å². The number of ketones is 1. The molecule has 0 radical (unpaired) electrons. The Balaban J connectivity index is 2.25. The summed E-state index contributed by atoms with van der Waals surface area (Å²) in [4.78, 5) is 45.3. The highest BCUT2D eigenvalue weighted by molar-refractivity contribution is 6.36. The molecule has 0 heterocycles. The first-order chi connectivity index (χ1) is 11.0. The van der Waals surface area contributed by atoms with Crippen LogP contribution in [0.4, 0.5) is 0 Å². The Labute approximate surface area is 135 Å². The first-order valence-electron chi connectivity index (χ1n) is 7.63. The van der Waals surface area contributed by atoms with Crippen LogP contribution in [0.3, 0.4) is 0 Å².